The van der Waals surface area contributed by atoms with E-state index in [1.807, 2.05) is 42.5 Å². The summed E-state index contributed by atoms with van der Waals surface area (Å²) in [6, 6.07) is 21.6. The first-order chi connectivity index (χ1) is 14.1. The van der Waals surface area contributed by atoms with Crippen molar-refractivity contribution in [1.82, 2.24) is 15.2 Å². The molecular formula is C22H15Br2N3O2. The third kappa shape index (κ3) is 4.63. The molecule has 0 fully saturated rings. The van der Waals surface area contributed by atoms with Crippen molar-refractivity contribution in [3.05, 3.63) is 87.7 Å². The third-order valence-corrected chi connectivity index (χ3v) is 5.46. The van der Waals surface area contributed by atoms with E-state index in [4.69, 9.17) is 4.74 Å². The largest absolute Gasteiger partial charge is 0.506 e. The summed E-state index contributed by atoms with van der Waals surface area (Å²) in [6.07, 6.45) is 1.63. The van der Waals surface area contributed by atoms with Crippen LogP contribution in [-0.2, 0) is 6.61 Å². The van der Waals surface area contributed by atoms with Crippen LogP contribution in [0.5, 0.6) is 11.5 Å². The van der Waals surface area contributed by atoms with Gasteiger partial charge in [-0.15, -0.1) is 10.2 Å². The monoisotopic (exact) mass is 511 g/mol. The van der Waals surface area contributed by atoms with Crippen molar-refractivity contribution in [1.29, 1.82) is 0 Å². The molecular weight excluding hydrogens is 498 g/mol. The zero-order valence-electron chi connectivity index (χ0n) is 15.1. The molecule has 4 rings (SSSR count). The van der Waals surface area contributed by atoms with Gasteiger partial charge in [0.25, 0.3) is 0 Å². The van der Waals surface area contributed by atoms with Crippen molar-refractivity contribution in [2.24, 2.45) is 0 Å². The molecule has 4 aromatic rings. The maximum absolute atomic E-state index is 9.82. The zero-order chi connectivity index (χ0) is 20.2. The molecule has 0 amide bonds. The minimum atomic E-state index is 0.137. The van der Waals surface area contributed by atoms with Gasteiger partial charge < -0.3 is 9.84 Å². The predicted molar refractivity (Wildman–Crippen MR) is 119 cm³/mol. The van der Waals surface area contributed by atoms with E-state index in [1.54, 1.807) is 18.3 Å². The highest BCUT2D eigenvalue weighted by Crippen LogP contribution is 2.36. The fraction of sp³-hybridized carbons (Fsp3) is 0.0455. The Morgan fingerprint density at radius 2 is 1.45 bits per heavy atom. The number of rotatable bonds is 5. The highest BCUT2D eigenvalue weighted by Gasteiger charge is 2.10. The van der Waals surface area contributed by atoms with Gasteiger partial charge in [-0.3, -0.25) is 0 Å². The Bertz CT molecular complexity index is 1100. The normalized spacial score (nSPS) is 10.7. The van der Waals surface area contributed by atoms with Gasteiger partial charge in [0.2, 0.25) is 0 Å². The topological polar surface area (TPSA) is 68.1 Å². The molecule has 0 aliphatic rings. The summed E-state index contributed by atoms with van der Waals surface area (Å²) < 4.78 is 6.90. The van der Waals surface area contributed by atoms with Crippen molar-refractivity contribution >= 4 is 31.9 Å². The third-order valence-electron chi connectivity index (χ3n) is 4.25. The lowest BCUT2D eigenvalue weighted by atomic mass is 10.1. The van der Waals surface area contributed by atoms with Crippen molar-refractivity contribution in [2.45, 2.75) is 6.61 Å². The molecule has 1 N–H and O–H groups in total. The van der Waals surface area contributed by atoms with E-state index in [1.165, 1.54) is 0 Å². The summed E-state index contributed by atoms with van der Waals surface area (Å²) in [5, 5.41) is 18.2. The number of aromatic hydroxyl groups is 1. The van der Waals surface area contributed by atoms with E-state index >= 15 is 0 Å². The van der Waals surface area contributed by atoms with E-state index in [9.17, 15) is 5.11 Å². The number of nitrogens with zero attached hydrogens (tertiary/aromatic N) is 3. The fourth-order valence-corrected chi connectivity index (χ4v) is 3.92. The molecule has 144 valence electrons. The predicted octanol–water partition coefficient (Wildman–Crippen LogP) is 6.02. The molecule has 7 heteroatoms. The second-order valence-electron chi connectivity index (χ2n) is 6.23. The van der Waals surface area contributed by atoms with Crippen LogP contribution >= 0.6 is 31.9 Å². The van der Waals surface area contributed by atoms with E-state index in [0.717, 1.165) is 22.4 Å². The number of aromatic nitrogens is 3. The summed E-state index contributed by atoms with van der Waals surface area (Å²) in [4.78, 5) is 4.33. The van der Waals surface area contributed by atoms with Crippen LogP contribution in [0.1, 0.15) is 5.82 Å². The van der Waals surface area contributed by atoms with Gasteiger partial charge in [-0.05, 0) is 67.3 Å². The maximum atomic E-state index is 9.82. The molecule has 0 saturated carbocycles. The first-order valence-electron chi connectivity index (χ1n) is 8.75. The number of hydrogen-bond acceptors (Lipinski definition) is 5. The summed E-state index contributed by atoms with van der Waals surface area (Å²) in [6.45, 7) is 0.223. The van der Waals surface area contributed by atoms with Crippen LogP contribution in [0.25, 0.3) is 22.4 Å². The molecule has 0 radical (unpaired) electrons. The Kier molecular flexibility index (Phi) is 5.87. The van der Waals surface area contributed by atoms with E-state index < -0.39 is 0 Å². The average molecular weight is 513 g/mol. The van der Waals surface area contributed by atoms with Crippen LogP contribution in [0.15, 0.2) is 81.9 Å². The van der Waals surface area contributed by atoms with Crippen LogP contribution < -0.4 is 4.74 Å². The second kappa shape index (κ2) is 8.71. The summed E-state index contributed by atoms with van der Waals surface area (Å²) in [7, 11) is 0. The number of benzene rings is 3. The van der Waals surface area contributed by atoms with Gasteiger partial charge in [0.05, 0.1) is 15.1 Å². The van der Waals surface area contributed by atoms with Gasteiger partial charge >= 0.3 is 0 Å². The number of ether oxygens (including phenoxy) is 1. The number of halogens is 2. The van der Waals surface area contributed by atoms with Crippen LogP contribution in [0.4, 0.5) is 0 Å². The number of phenols is 1. The van der Waals surface area contributed by atoms with Crippen LogP contribution in [0.2, 0.25) is 0 Å². The van der Waals surface area contributed by atoms with Gasteiger partial charge in [0, 0.05) is 5.56 Å². The van der Waals surface area contributed by atoms with E-state index in [0.29, 0.717) is 20.5 Å². The standard InChI is InChI=1S/C22H15Br2N3O2/c23-18-10-16(11-19(24)22(18)28)20-12-25-21(27-26-20)13-29-17-8-6-15(7-9-17)14-4-2-1-3-5-14/h1-12,28H,13H2. The lowest BCUT2D eigenvalue weighted by molar-refractivity contribution is 0.294. The highest BCUT2D eigenvalue weighted by atomic mass is 79.9. The van der Waals surface area contributed by atoms with Crippen molar-refractivity contribution < 1.29 is 9.84 Å². The Balaban J connectivity index is 1.42. The Hall–Kier alpha value is -2.77. The fourth-order valence-electron chi connectivity index (χ4n) is 2.73. The van der Waals surface area contributed by atoms with Gasteiger partial charge in [0.15, 0.2) is 5.82 Å². The van der Waals surface area contributed by atoms with E-state index in [-0.39, 0.29) is 12.4 Å². The molecule has 3 aromatic carbocycles. The SMILES string of the molecule is Oc1c(Br)cc(-c2cnc(COc3ccc(-c4ccccc4)cc3)nn2)cc1Br. The molecule has 0 spiro atoms. The number of phenolic OH excluding ortho intramolecular Hbond substituents is 1. The molecule has 0 saturated heterocycles. The molecule has 1 heterocycles. The molecule has 0 aliphatic heterocycles. The minimum absolute atomic E-state index is 0.137. The molecule has 0 unspecified atom stereocenters. The number of hydrogen-bond donors (Lipinski definition) is 1. The summed E-state index contributed by atoms with van der Waals surface area (Å²) in [5.41, 5.74) is 3.67. The molecule has 0 atom stereocenters. The maximum Gasteiger partial charge on any atom is 0.188 e. The van der Waals surface area contributed by atoms with Crippen LogP contribution in [0.3, 0.4) is 0 Å². The van der Waals surface area contributed by atoms with Crippen LogP contribution in [-0.4, -0.2) is 20.3 Å². The first kappa shape index (κ1) is 19.5. The summed E-state index contributed by atoms with van der Waals surface area (Å²) in [5.74, 6) is 1.36. The minimum Gasteiger partial charge on any atom is -0.506 e. The summed E-state index contributed by atoms with van der Waals surface area (Å²) >= 11 is 6.62. The lowest BCUT2D eigenvalue weighted by Crippen LogP contribution is -2.03. The molecule has 0 aliphatic carbocycles. The molecule has 5 nitrogen and oxygen atoms in total. The second-order valence-corrected chi connectivity index (χ2v) is 7.94. The van der Waals surface area contributed by atoms with Crippen molar-refractivity contribution in [3.8, 4) is 33.9 Å². The Morgan fingerprint density at radius 1 is 0.793 bits per heavy atom. The molecule has 1 aromatic heterocycles. The first-order valence-corrected chi connectivity index (χ1v) is 10.3. The lowest BCUT2D eigenvalue weighted by Gasteiger charge is -2.08. The van der Waals surface area contributed by atoms with Gasteiger partial charge in [0.1, 0.15) is 23.8 Å². The molecule has 29 heavy (non-hydrogen) atoms. The van der Waals surface area contributed by atoms with Crippen molar-refractivity contribution in [2.75, 3.05) is 0 Å². The quantitative estimate of drug-likeness (QED) is 0.354. The zero-order valence-corrected chi connectivity index (χ0v) is 18.3. The Labute approximate surface area is 184 Å². The van der Waals surface area contributed by atoms with Crippen LogP contribution in [0, 0.1) is 0 Å². The van der Waals surface area contributed by atoms with E-state index in [2.05, 4.69) is 59.2 Å². The molecule has 0 bridgehead atoms. The van der Waals surface area contributed by atoms with Gasteiger partial charge in [-0.2, -0.15) is 0 Å². The van der Waals surface area contributed by atoms with Crippen molar-refractivity contribution in [3.63, 3.8) is 0 Å². The smallest absolute Gasteiger partial charge is 0.188 e. The highest BCUT2D eigenvalue weighted by molar-refractivity contribution is 9.11. The van der Waals surface area contributed by atoms with Gasteiger partial charge in [-0.1, -0.05) is 42.5 Å². The van der Waals surface area contributed by atoms with Gasteiger partial charge in [-0.25, -0.2) is 4.98 Å². The Morgan fingerprint density at radius 3 is 2.07 bits per heavy atom. The average Bonchev–Trinajstić information content (AvgIpc) is 2.77.